The average molecular weight is 197 g/mol. The van der Waals surface area contributed by atoms with Gasteiger partial charge in [-0.2, -0.15) is 0 Å². The largest absolute Gasteiger partial charge is 0.303 e. The van der Waals surface area contributed by atoms with Crippen LogP contribution in [-0.2, 0) is 11.2 Å². The fourth-order valence-electron chi connectivity index (χ4n) is 1.05. The van der Waals surface area contributed by atoms with Crippen molar-refractivity contribution in [3.05, 3.63) is 15.6 Å². The summed E-state index contributed by atoms with van der Waals surface area (Å²) in [6, 6.07) is 0. The maximum atomic E-state index is 10.7. The number of hydrogen-bond donors (Lipinski definition) is 0. The van der Waals surface area contributed by atoms with Gasteiger partial charge in [-0.15, -0.1) is 11.3 Å². The first kappa shape index (κ1) is 10.4. The Labute approximate surface area is 83.0 Å². The van der Waals surface area contributed by atoms with E-state index in [9.17, 15) is 4.79 Å². The molecule has 0 spiro atoms. The quantitative estimate of drug-likeness (QED) is 0.697. The number of hydrogen-bond acceptors (Lipinski definition) is 3. The molecule has 0 N–H and O–H groups in total. The molecule has 0 aliphatic rings. The molecule has 0 unspecified atom stereocenters. The van der Waals surface area contributed by atoms with E-state index < -0.39 is 0 Å². The summed E-state index contributed by atoms with van der Waals surface area (Å²) in [5.41, 5.74) is 0.804. The first-order valence-electron chi connectivity index (χ1n) is 4.34. The predicted octanol–water partition coefficient (Wildman–Crippen LogP) is 2.53. The second-order valence-electron chi connectivity index (χ2n) is 4.03. The van der Waals surface area contributed by atoms with Crippen LogP contribution in [0.3, 0.4) is 0 Å². The van der Waals surface area contributed by atoms with Crippen LogP contribution in [0, 0.1) is 19.3 Å². The van der Waals surface area contributed by atoms with E-state index in [0.29, 0.717) is 0 Å². The summed E-state index contributed by atoms with van der Waals surface area (Å²) in [7, 11) is 0. The highest BCUT2D eigenvalue weighted by atomic mass is 32.1. The summed E-state index contributed by atoms with van der Waals surface area (Å²) in [5, 5.41) is 1.06. The lowest BCUT2D eigenvalue weighted by molar-refractivity contribution is -0.114. The van der Waals surface area contributed by atoms with Crippen LogP contribution in [0.1, 0.15) is 29.4 Å². The van der Waals surface area contributed by atoms with Crippen molar-refractivity contribution in [1.29, 1.82) is 0 Å². The summed E-state index contributed by atoms with van der Waals surface area (Å²) in [6.45, 7) is 7.94. The van der Waals surface area contributed by atoms with Gasteiger partial charge in [0.05, 0.1) is 10.7 Å². The van der Waals surface area contributed by atoms with Crippen LogP contribution >= 0.6 is 11.3 Å². The Bertz CT molecular complexity index is 295. The van der Waals surface area contributed by atoms with E-state index in [1.54, 1.807) is 11.3 Å². The zero-order valence-corrected chi connectivity index (χ0v) is 9.36. The highest BCUT2D eigenvalue weighted by Crippen LogP contribution is 2.24. The number of aromatic nitrogens is 1. The van der Waals surface area contributed by atoms with Gasteiger partial charge in [0.25, 0.3) is 0 Å². The van der Waals surface area contributed by atoms with Gasteiger partial charge in [0.1, 0.15) is 6.29 Å². The Kier molecular flexibility index (Phi) is 2.86. The summed E-state index contributed by atoms with van der Waals surface area (Å²) in [6.07, 6.45) is 1.74. The van der Waals surface area contributed by atoms with Crippen molar-refractivity contribution in [2.75, 3.05) is 0 Å². The summed E-state index contributed by atoms with van der Waals surface area (Å²) in [5.74, 6) is 0. The molecule has 1 aromatic rings. The first-order chi connectivity index (χ1) is 5.94. The molecule has 1 aromatic heterocycles. The molecule has 13 heavy (non-hydrogen) atoms. The van der Waals surface area contributed by atoms with Gasteiger partial charge >= 0.3 is 0 Å². The molecule has 0 bridgehead atoms. The molecule has 0 fully saturated rings. The van der Waals surface area contributed by atoms with Crippen molar-refractivity contribution in [3.63, 3.8) is 0 Å². The number of thiazole rings is 1. The van der Waals surface area contributed by atoms with E-state index in [-0.39, 0.29) is 5.41 Å². The summed E-state index contributed by atoms with van der Waals surface area (Å²) >= 11 is 1.69. The molecule has 2 nitrogen and oxygen atoms in total. The van der Waals surface area contributed by atoms with Crippen LogP contribution in [0.15, 0.2) is 0 Å². The molecule has 0 aliphatic carbocycles. The van der Waals surface area contributed by atoms with Gasteiger partial charge in [-0.05, 0) is 13.8 Å². The molecule has 0 aliphatic heterocycles. The van der Waals surface area contributed by atoms with Crippen molar-refractivity contribution in [3.8, 4) is 0 Å². The highest BCUT2D eigenvalue weighted by molar-refractivity contribution is 7.11. The van der Waals surface area contributed by atoms with Crippen LogP contribution in [-0.4, -0.2) is 11.3 Å². The Morgan fingerprint density at radius 3 is 2.46 bits per heavy atom. The van der Waals surface area contributed by atoms with Crippen molar-refractivity contribution in [2.24, 2.45) is 5.41 Å². The molecule has 0 radical (unpaired) electrons. The normalized spacial score (nSPS) is 11.7. The second-order valence-corrected chi connectivity index (χ2v) is 5.32. The molecule has 0 amide bonds. The Morgan fingerprint density at radius 1 is 1.46 bits per heavy atom. The Hall–Kier alpha value is -0.700. The Morgan fingerprint density at radius 2 is 2.08 bits per heavy atom. The van der Waals surface area contributed by atoms with Gasteiger partial charge in [-0.25, -0.2) is 4.98 Å². The third-order valence-electron chi connectivity index (χ3n) is 2.00. The fraction of sp³-hybridized carbons (Fsp3) is 0.600. The van der Waals surface area contributed by atoms with Gasteiger partial charge in [0.2, 0.25) is 0 Å². The third-order valence-corrected chi connectivity index (χ3v) is 3.07. The number of aryl methyl sites for hydroxylation is 2. The van der Waals surface area contributed by atoms with E-state index in [2.05, 4.69) is 11.9 Å². The van der Waals surface area contributed by atoms with Crippen LogP contribution < -0.4 is 0 Å². The van der Waals surface area contributed by atoms with E-state index in [4.69, 9.17) is 0 Å². The molecule has 3 heteroatoms. The van der Waals surface area contributed by atoms with E-state index in [1.807, 2.05) is 20.8 Å². The molecular formula is C10H15NOS. The number of aldehydes is 1. The van der Waals surface area contributed by atoms with E-state index in [1.165, 1.54) is 4.88 Å². The average Bonchev–Trinajstić information content (AvgIpc) is 2.30. The lowest BCUT2D eigenvalue weighted by Gasteiger charge is -2.13. The monoisotopic (exact) mass is 197 g/mol. The molecule has 0 saturated heterocycles. The zero-order valence-electron chi connectivity index (χ0n) is 8.55. The minimum absolute atomic E-state index is 0.281. The fourth-order valence-corrected chi connectivity index (χ4v) is 2.22. The SMILES string of the molecule is Cc1nc(CC(C)(C)C=O)sc1C. The number of carbonyl (C=O) groups excluding carboxylic acids is 1. The molecule has 0 saturated carbocycles. The van der Waals surface area contributed by atoms with E-state index in [0.717, 1.165) is 23.4 Å². The van der Waals surface area contributed by atoms with Crippen LogP contribution in [0.5, 0.6) is 0 Å². The van der Waals surface area contributed by atoms with Gasteiger partial charge in [-0.1, -0.05) is 13.8 Å². The first-order valence-corrected chi connectivity index (χ1v) is 5.15. The minimum atomic E-state index is -0.281. The van der Waals surface area contributed by atoms with Crippen molar-refractivity contribution in [2.45, 2.75) is 34.1 Å². The molecular weight excluding hydrogens is 182 g/mol. The maximum Gasteiger partial charge on any atom is 0.126 e. The van der Waals surface area contributed by atoms with Gasteiger partial charge < -0.3 is 4.79 Å². The molecule has 0 aromatic carbocycles. The topological polar surface area (TPSA) is 30.0 Å². The predicted molar refractivity (Wildman–Crippen MR) is 55.1 cm³/mol. The molecule has 1 heterocycles. The van der Waals surface area contributed by atoms with Gasteiger partial charge in [0.15, 0.2) is 0 Å². The van der Waals surface area contributed by atoms with Crippen LogP contribution in [0.4, 0.5) is 0 Å². The van der Waals surface area contributed by atoms with Crippen LogP contribution in [0.25, 0.3) is 0 Å². The van der Waals surface area contributed by atoms with E-state index >= 15 is 0 Å². The zero-order chi connectivity index (χ0) is 10.1. The summed E-state index contributed by atoms with van der Waals surface area (Å²) < 4.78 is 0. The highest BCUT2D eigenvalue weighted by Gasteiger charge is 2.19. The minimum Gasteiger partial charge on any atom is -0.303 e. The molecule has 0 atom stereocenters. The van der Waals surface area contributed by atoms with Crippen molar-refractivity contribution >= 4 is 17.6 Å². The lowest BCUT2D eigenvalue weighted by atomic mass is 9.92. The lowest BCUT2D eigenvalue weighted by Crippen LogP contribution is -2.16. The second kappa shape index (κ2) is 3.58. The number of rotatable bonds is 3. The van der Waals surface area contributed by atoms with Gasteiger partial charge in [-0.3, -0.25) is 0 Å². The van der Waals surface area contributed by atoms with Crippen LogP contribution in [0.2, 0.25) is 0 Å². The third kappa shape index (κ3) is 2.62. The molecule has 72 valence electrons. The smallest absolute Gasteiger partial charge is 0.126 e. The van der Waals surface area contributed by atoms with Crippen molar-refractivity contribution in [1.82, 2.24) is 4.98 Å². The molecule has 1 rings (SSSR count). The Balaban J connectivity index is 2.80. The number of carbonyl (C=O) groups is 1. The standard InChI is InChI=1S/C10H15NOS/c1-7-8(2)13-9(11-7)5-10(3,4)6-12/h6H,5H2,1-4H3. The number of nitrogens with zero attached hydrogens (tertiary/aromatic N) is 1. The van der Waals surface area contributed by atoms with Gasteiger partial charge in [0, 0.05) is 16.7 Å². The van der Waals surface area contributed by atoms with Crippen molar-refractivity contribution < 1.29 is 4.79 Å². The summed E-state index contributed by atoms with van der Waals surface area (Å²) in [4.78, 5) is 16.3. The maximum absolute atomic E-state index is 10.7.